The molecule has 0 spiro atoms. The van der Waals surface area contributed by atoms with E-state index in [4.69, 9.17) is 0 Å². The number of carbonyl (C=O) groups excluding carboxylic acids is 1. The van der Waals surface area contributed by atoms with Gasteiger partial charge in [-0.2, -0.15) is 0 Å². The summed E-state index contributed by atoms with van der Waals surface area (Å²) in [6.45, 7) is 3.54. The highest BCUT2D eigenvalue weighted by atomic mass is 16.3. The maximum Gasteiger partial charge on any atom is 0.191 e. The first-order valence-electron chi connectivity index (χ1n) is 4.64. The van der Waals surface area contributed by atoms with Crippen molar-refractivity contribution in [3.63, 3.8) is 0 Å². The van der Waals surface area contributed by atoms with Crippen LogP contribution in [0.15, 0.2) is 43.0 Å². The van der Waals surface area contributed by atoms with Crippen LogP contribution in [0.2, 0.25) is 0 Å². The second kappa shape index (κ2) is 5.35. The van der Waals surface area contributed by atoms with Gasteiger partial charge in [-0.15, -0.1) is 6.58 Å². The average molecular weight is 190 g/mol. The number of rotatable bonds is 5. The average Bonchev–Trinajstić information content (AvgIpc) is 2.26. The molecule has 0 saturated heterocycles. The Morgan fingerprint density at radius 2 is 2.07 bits per heavy atom. The number of allylic oxidation sites excluding steroid dienone is 1. The summed E-state index contributed by atoms with van der Waals surface area (Å²) in [7, 11) is 0. The highest BCUT2D eigenvalue weighted by Gasteiger charge is 2.15. The minimum Gasteiger partial charge on any atom is -0.385 e. The quantitative estimate of drug-likeness (QED) is 0.571. The van der Waals surface area contributed by atoms with E-state index >= 15 is 0 Å². The molecule has 0 radical (unpaired) electrons. The molecule has 1 unspecified atom stereocenters. The molecule has 14 heavy (non-hydrogen) atoms. The van der Waals surface area contributed by atoms with Gasteiger partial charge in [-0.3, -0.25) is 4.79 Å². The predicted molar refractivity (Wildman–Crippen MR) is 56.2 cm³/mol. The Labute approximate surface area is 83.9 Å². The van der Waals surface area contributed by atoms with E-state index in [1.807, 2.05) is 6.07 Å². The second-order valence-corrected chi connectivity index (χ2v) is 3.11. The van der Waals surface area contributed by atoms with Gasteiger partial charge < -0.3 is 5.11 Å². The summed E-state index contributed by atoms with van der Waals surface area (Å²) in [5.74, 6) is -0.215. The molecule has 1 aromatic rings. The molecule has 1 rings (SSSR count). The fourth-order valence-corrected chi connectivity index (χ4v) is 1.20. The van der Waals surface area contributed by atoms with Crippen molar-refractivity contribution >= 4 is 5.78 Å². The van der Waals surface area contributed by atoms with E-state index < -0.39 is 6.10 Å². The summed E-state index contributed by atoms with van der Waals surface area (Å²) in [4.78, 5) is 11.6. The molecule has 0 aliphatic rings. The van der Waals surface area contributed by atoms with Gasteiger partial charge in [0, 0.05) is 5.56 Å². The van der Waals surface area contributed by atoms with Crippen molar-refractivity contribution in [3.8, 4) is 0 Å². The predicted octanol–water partition coefficient (Wildman–Crippen LogP) is 2.20. The second-order valence-electron chi connectivity index (χ2n) is 3.11. The maximum atomic E-state index is 11.6. The zero-order chi connectivity index (χ0) is 10.4. The van der Waals surface area contributed by atoms with Crippen molar-refractivity contribution in [3.05, 3.63) is 48.6 Å². The highest BCUT2D eigenvalue weighted by Crippen LogP contribution is 2.07. The number of hydrogen-bond donors (Lipinski definition) is 1. The monoisotopic (exact) mass is 190 g/mol. The standard InChI is InChI=1S/C12H14O2/c1-2-3-9-11(13)12(14)10-7-5-4-6-8-10/h2,4-8,11,13H,1,3,9H2. The molecule has 0 aromatic heterocycles. The Hall–Kier alpha value is -1.41. The van der Waals surface area contributed by atoms with Crippen LogP contribution in [0.5, 0.6) is 0 Å². The largest absolute Gasteiger partial charge is 0.385 e. The van der Waals surface area contributed by atoms with Gasteiger partial charge in [-0.1, -0.05) is 36.4 Å². The summed E-state index contributed by atoms with van der Waals surface area (Å²) < 4.78 is 0. The summed E-state index contributed by atoms with van der Waals surface area (Å²) in [6, 6.07) is 8.83. The van der Waals surface area contributed by atoms with Crippen LogP contribution in [0.3, 0.4) is 0 Å². The zero-order valence-electron chi connectivity index (χ0n) is 8.02. The molecule has 0 fully saturated rings. The fourth-order valence-electron chi connectivity index (χ4n) is 1.20. The molecular weight excluding hydrogens is 176 g/mol. The number of carbonyl (C=O) groups is 1. The summed E-state index contributed by atoms with van der Waals surface area (Å²) in [5.41, 5.74) is 0.559. The third-order valence-corrected chi connectivity index (χ3v) is 2.01. The lowest BCUT2D eigenvalue weighted by Gasteiger charge is -2.07. The Morgan fingerprint density at radius 3 is 2.64 bits per heavy atom. The van der Waals surface area contributed by atoms with Crippen molar-refractivity contribution in [1.29, 1.82) is 0 Å². The normalized spacial score (nSPS) is 12.1. The molecule has 74 valence electrons. The van der Waals surface area contributed by atoms with Crippen molar-refractivity contribution in [2.24, 2.45) is 0 Å². The van der Waals surface area contributed by atoms with Crippen LogP contribution >= 0.6 is 0 Å². The van der Waals surface area contributed by atoms with Gasteiger partial charge >= 0.3 is 0 Å². The minimum atomic E-state index is -0.907. The minimum absolute atomic E-state index is 0.215. The molecule has 0 saturated carbocycles. The van der Waals surface area contributed by atoms with E-state index in [-0.39, 0.29) is 5.78 Å². The maximum absolute atomic E-state index is 11.6. The van der Waals surface area contributed by atoms with Crippen LogP contribution in [0, 0.1) is 0 Å². The molecule has 1 aromatic carbocycles. The molecule has 0 bridgehead atoms. The third kappa shape index (κ3) is 2.82. The van der Waals surface area contributed by atoms with Gasteiger partial charge in [0.1, 0.15) is 6.10 Å². The van der Waals surface area contributed by atoms with E-state index in [9.17, 15) is 9.90 Å². The number of Topliss-reactive ketones (excluding diaryl/α,β-unsaturated/α-hetero) is 1. The van der Waals surface area contributed by atoms with Crippen molar-refractivity contribution < 1.29 is 9.90 Å². The van der Waals surface area contributed by atoms with Crippen LogP contribution in [0.1, 0.15) is 23.2 Å². The van der Waals surface area contributed by atoms with E-state index in [1.54, 1.807) is 30.3 Å². The molecule has 1 N–H and O–H groups in total. The van der Waals surface area contributed by atoms with Crippen LogP contribution in [0.4, 0.5) is 0 Å². The van der Waals surface area contributed by atoms with Gasteiger partial charge in [-0.25, -0.2) is 0 Å². The SMILES string of the molecule is C=CCCC(O)C(=O)c1ccccc1. The van der Waals surface area contributed by atoms with Gasteiger partial charge in [0.2, 0.25) is 0 Å². The molecule has 2 nitrogen and oxygen atoms in total. The number of ketones is 1. The van der Waals surface area contributed by atoms with Gasteiger partial charge in [0.05, 0.1) is 0 Å². The van der Waals surface area contributed by atoms with E-state index in [0.29, 0.717) is 18.4 Å². The first-order valence-corrected chi connectivity index (χ1v) is 4.64. The molecule has 2 heteroatoms. The van der Waals surface area contributed by atoms with E-state index in [1.165, 1.54) is 0 Å². The molecule has 0 aliphatic carbocycles. The molecule has 0 aliphatic heterocycles. The Kier molecular flexibility index (Phi) is 4.08. The Balaban J connectivity index is 2.61. The lowest BCUT2D eigenvalue weighted by atomic mass is 10.0. The van der Waals surface area contributed by atoms with Crippen molar-refractivity contribution in [2.45, 2.75) is 18.9 Å². The molecular formula is C12H14O2. The molecule has 0 heterocycles. The smallest absolute Gasteiger partial charge is 0.191 e. The van der Waals surface area contributed by atoms with E-state index in [0.717, 1.165) is 0 Å². The Morgan fingerprint density at radius 1 is 1.43 bits per heavy atom. The summed E-state index contributed by atoms with van der Waals surface area (Å²) >= 11 is 0. The zero-order valence-corrected chi connectivity index (χ0v) is 8.02. The van der Waals surface area contributed by atoms with Crippen molar-refractivity contribution in [1.82, 2.24) is 0 Å². The summed E-state index contributed by atoms with van der Waals surface area (Å²) in [5, 5.41) is 9.50. The first-order chi connectivity index (χ1) is 6.75. The van der Waals surface area contributed by atoms with Crippen LogP contribution < -0.4 is 0 Å². The number of aliphatic hydroxyl groups excluding tert-OH is 1. The topological polar surface area (TPSA) is 37.3 Å². The van der Waals surface area contributed by atoms with E-state index in [2.05, 4.69) is 6.58 Å². The first kappa shape index (κ1) is 10.7. The Bertz CT molecular complexity index is 303. The lowest BCUT2D eigenvalue weighted by Crippen LogP contribution is -2.19. The van der Waals surface area contributed by atoms with Gasteiger partial charge in [0.25, 0.3) is 0 Å². The highest BCUT2D eigenvalue weighted by molar-refractivity contribution is 5.99. The van der Waals surface area contributed by atoms with Crippen LogP contribution in [-0.2, 0) is 0 Å². The number of aliphatic hydroxyl groups is 1. The molecule has 0 amide bonds. The summed E-state index contributed by atoms with van der Waals surface area (Å²) in [6.07, 6.45) is 1.88. The third-order valence-electron chi connectivity index (χ3n) is 2.01. The van der Waals surface area contributed by atoms with Crippen molar-refractivity contribution in [2.75, 3.05) is 0 Å². The number of benzene rings is 1. The number of hydrogen-bond acceptors (Lipinski definition) is 2. The van der Waals surface area contributed by atoms with Gasteiger partial charge in [-0.05, 0) is 12.8 Å². The van der Waals surface area contributed by atoms with Crippen LogP contribution in [0.25, 0.3) is 0 Å². The fraction of sp³-hybridized carbons (Fsp3) is 0.250. The van der Waals surface area contributed by atoms with Gasteiger partial charge in [0.15, 0.2) is 5.78 Å². The molecule has 1 atom stereocenters. The van der Waals surface area contributed by atoms with Crippen LogP contribution in [-0.4, -0.2) is 17.0 Å². The lowest BCUT2D eigenvalue weighted by molar-refractivity contribution is 0.0733.